The molecule has 0 bridgehead atoms. The van der Waals surface area contributed by atoms with Crippen molar-refractivity contribution in [3.05, 3.63) is 28.8 Å². The van der Waals surface area contributed by atoms with Crippen molar-refractivity contribution in [3.8, 4) is 6.07 Å². The highest BCUT2D eigenvalue weighted by Crippen LogP contribution is 2.24. The third-order valence-corrected chi connectivity index (χ3v) is 7.34. The number of nitrogens with zero attached hydrogens (tertiary/aromatic N) is 1. The highest BCUT2D eigenvalue weighted by molar-refractivity contribution is 8.06. The van der Waals surface area contributed by atoms with Crippen LogP contribution in [0.1, 0.15) is 5.56 Å². The number of sulfonamides is 1. The standard InChI is InChI=1S/C12H13ClN2O2S3/c13-12-5-11(2-1-9(12)6-14)20(16,17)15-7-10-8-18-3-4-19-10/h1-2,5,10,15H,3-4,7-8H2. The molecule has 108 valence electrons. The first-order chi connectivity index (χ1) is 9.53. The van der Waals surface area contributed by atoms with Crippen LogP contribution in [0.25, 0.3) is 0 Å². The van der Waals surface area contributed by atoms with E-state index in [-0.39, 0.29) is 15.5 Å². The number of nitriles is 1. The minimum absolute atomic E-state index is 0.0926. The van der Waals surface area contributed by atoms with Gasteiger partial charge in [-0.25, -0.2) is 13.1 Å². The summed E-state index contributed by atoms with van der Waals surface area (Å²) in [5.41, 5.74) is 0.268. The number of halogens is 1. The Morgan fingerprint density at radius 3 is 2.85 bits per heavy atom. The zero-order valence-electron chi connectivity index (χ0n) is 10.5. The Bertz CT molecular complexity index is 622. The lowest BCUT2D eigenvalue weighted by Gasteiger charge is -2.21. The van der Waals surface area contributed by atoms with E-state index in [0.29, 0.717) is 11.8 Å². The molecule has 1 aliphatic heterocycles. The first-order valence-corrected chi connectivity index (χ1v) is 9.98. The number of thioether (sulfide) groups is 2. The van der Waals surface area contributed by atoms with Crippen LogP contribution in [0.2, 0.25) is 5.02 Å². The molecule has 0 amide bonds. The second-order valence-corrected chi connectivity index (χ2v) is 8.91. The highest BCUT2D eigenvalue weighted by Gasteiger charge is 2.20. The van der Waals surface area contributed by atoms with Gasteiger partial charge in [0, 0.05) is 29.1 Å². The molecular formula is C12H13ClN2O2S3. The van der Waals surface area contributed by atoms with Crippen LogP contribution in [0.15, 0.2) is 23.1 Å². The van der Waals surface area contributed by atoms with Gasteiger partial charge in [-0.1, -0.05) is 11.6 Å². The molecule has 0 spiro atoms. The summed E-state index contributed by atoms with van der Waals surface area (Å²) in [7, 11) is -3.57. The molecule has 0 radical (unpaired) electrons. The third-order valence-electron chi connectivity index (χ3n) is 2.76. The predicted octanol–water partition coefficient (Wildman–Crippen LogP) is 2.34. The predicted molar refractivity (Wildman–Crippen MR) is 84.9 cm³/mol. The van der Waals surface area contributed by atoms with Gasteiger partial charge in [0.05, 0.1) is 15.5 Å². The fourth-order valence-corrected chi connectivity index (χ4v) is 5.81. The summed E-state index contributed by atoms with van der Waals surface area (Å²) in [5, 5.41) is 9.24. The van der Waals surface area contributed by atoms with Crippen molar-refractivity contribution in [2.24, 2.45) is 0 Å². The summed E-state index contributed by atoms with van der Waals surface area (Å²) in [6.45, 7) is 0.414. The van der Waals surface area contributed by atoms with Gasteiger partial charge in [0.25, 0.3) is 0 Å². The Morgan fingerprint density at radius 1 is 1.45 bits per heavy atom. The molecule has 1 aromatic carbocycles. The Hall–Kier alpha value is -0.390. The van der Waals surface area contributed by atoms with Gasteiger partial charge in [0.2, 0.25) is 10.0 Å². The molecule has 1 unspecified atom stereocenters. The molecule has 1 aromatic rings. The first-order valence-electron chi connectivity index (χ1n) is 5.91. The van der Waals surface area contributed by atoms with E-state index in [1.165, 1.54) is 18.2 Å². The molecule has 0 aliphatic carbocycles. The van der Waals surface area contributed by atoms with E-state index in [4.69, 9.17) is 16.9 Å². The van der Waals surface area contributed by atoms with Crippen molar-refractivity contribution >= 4 is 45.1 Å². The van der Waals surface area contributed by atoms with Crippen LogP contribution in [0.5, 0.6) is 0 Å². The Labute approximate surface area is 132 Å². The van der Waals surface area contributed by atoms with Crippen molar-refractivity contribution in [1.82, 2.24) is 4.72 Å². The largest absolute Gasteiger partial charge is 0.240 e. The third kappa shape index (κ3) is 4.06. The van der Waals surface area contributed by atoms with Crippen LogP contribution in [0.3, 0.4) is 0 Å². The van der Waals surface area contributed by atoms with E-state index < -0.39 is 10.0 Å². The molecule has 2 rings (SSSR count). The number of benzene rings is 1. The maximum atomic E-state index is 12.2. The minimum Gasteiger partial charge on any atom is -0.210 e. The Kier molecular flexibility index (Phi) is 5.64. The number of hydrogen-bond donors (Lipinski definition) is 1. The molecule has 20 heavy (non-hydrogen) atoms. The molecule has 1 N–H and O–H groups in total. The topological polar surface area (TPSA) is 70.0 Å². The van der Waals surface area contributed by atoms with Gasteiger partial charge in [-0.15, -0.1) is 0 Å². The van der Waals surface area contributed by atoms with Gasteiger partial charge in [-0.05, 0) is 18.2 Å². The van der Waals surface area contributed by atoms with Gasteiger partial charge in [0.15, 0.2) is 0 Å². The van der Waals surface area contributed by atoms with Crippen LogP contribution >= 0.6 is 35.1 Å². The molecule has 1 fully saturated rings. The maximum absolute atomic E-state index is 12.2. The van der Waals surface area contributed by atoms with Crippen molar-refractivity contribution in [2.75, 3.05) is 23.8 Å². The summed E-state index contributed by atoms with van der Waals surface area (Å²) >= 11 is 9.50. The smallest absolute Gasteiger partial charge is 0.210 e. The zero-order chi connectivity index (χ0) is 14.6. The summed E-state index contributed by atoms with van der Waals surface area (Å²) in [5.74, 6) is 3.14. The van der Waals surface area contributed by atoms with Crippen LogP contribution in [0.4, 0.5) is 0 Å². The lowest BCUT2D eigenvalue weighted by molar-refractivity contribution is 0.581. The van der Waals surface area contributed by atoms with E-state index in [0.717, 1.165) is 17.3 Å². The quantitative estimate of drug-likeness (QED) is 0.904. The molecular weight excluding hydrogens is 336 g/mol. The first kappa shape index (κ1) is 16.0. The Balaban J connectivity index is 2.06. The van der Waals surface area contributed by atoms with E-state index in [9.17, 15) is 8.42 Å². The second-order valence-electron chi connectivity index (χ2n) is 4.17. The lowest BCUT2D eigenvalue weighted by atomic mass is 10.2. The SMILES string of the molecule is N#Cc1ccc(S(=O)(=O)NCC2CSCCS2)cc1Cl. The monoisotopic (exact) mass is 348 g/mol. The second kappa shape index (κ2) is 7.05. The fourth-order valence-electron chi connectivity index (χ4n) is 1.69. The minimum atomic E-state index is -3.57. The highest BCUT2D eigenvalue weighted by atomic mass is 35.5. The normalized spacial score (nSPS) is 19.5. The summed E-state index contributed by atoms with van der Waals surface area (Å²) in [6.07, 6.45) is 0. The summed E-state index contributed by atoms with van der Waals surface area (Å²) < 4.78 is 26.9. The average Bonchev–Trinajstić information content (AvgIpc) is 2.46. The van der Waals surface area contributed by atoms with Gasteiger partial charge in [0.1, 0.15) is 6.07 Å². The van der Waals surface area contributed by atoms with Crippen LogP contribution in [0, 0.1) is 11.3 Å². The molecule has 8 heteroatoms. The van der Waals surface area contributed by atoms with E-state index in [1.54, 1.807) is 11.8 Å². The van der Waals surface area contributed by atoms with Crippen LogP contribution in [-0.2, 0) is 10.0 Å². The molecule has 4 nitrogen and oxygen atoms in total. The number of nitrogens with one attached hydrogen (secondary N) is 1. The van der Waals surface area contributed by atoms with Crippen LogP contribution in [-0.4, -0.2) is 37.5 Å². The van der Waals surface area contributed by atoms with Gasteiger partial charge in [-0.2, -0.15) is 28.8 Å². The van der Waals surface area contributed by atoms with Crippen molar-refractivity contribution in [3.63, 3.8) is 0 Å². The summed E-state index contributed by atoms with van der Waals surface area (Å²) in [4.78, 5) is 0.0926. The molecule has 1 aliphatic rings. The lowest BCUT2D eigenvalue weighted by Crippen LogP contribution is -2.33. The van der Waals surface area contributed by atoms with Gasteiger partial charge in [-0.3, -0.25) is 0 Å². The van der Waals surface area contributed by atoms with Crippen molar-refractivity contribution < 1.29 is 8.42 Å². The zero-order valence-corrected chi connectivity index (χ0v) is 13.7. The molecule has 1 saturated heterocycles. The fraction of sp³-hybridized carbons (Fsp3) is 0.417. The maximum Gasteiger partial charge on any atom is 0.240 e. The summed E-state index contributed by atoms with van der Waals surface area (Å²) in [6, 6.07) is 6.03. The average molecular weight is 349 g/mol. The molecule has 1 atom stereocenters. The van der Waals surface area contributed by atoms with Gasteiger partial charge < -0.3 is 0 Å². The molecule has 0 saturated carbocycles. The van der Waals surface area contributed by atoms with E-state index in [1.807, 2.05) is 17.8 Å². The van der Waals surface area contributed by atoms with E-state index in [2.05, 4.69) is 4.72 Å². The van der Waals surface area contributed by atoms with Crippen LogP contribution < -0.4 is 4.72 Å². The van der Waals surface area contributed by atoms with Gasteiger partial charge >= 0.3 is 0 Å². The van der Waals surface area contributed by atoms with E-state index >= 15 is 0 Å². The molecule has 0 aromatic heterocycles. The number of rotatable bonds is 4. The van der Waals surface area contributed by atoms with Crippen molar-refractivity contribution in [2.45, 2.75) is 10.1 Å². The number of hydrogen-bond acceptors (Lipinski definition) is 5. The van der Waals surface area contributed by atoms with Crippen molar-refractivity contribution in [1.29, 1.82) is 5.26 Å². The molecule has 1 heterocycles. The Morgan fingerprint density at radius 2 is 2.25 bits per heavy atom.